The average Bonchev–Trinajstić information content (AvgIpc) is 2.52. The molecule has 2 aliphatic heterocycles. The number of allylic oxidation sites excluding steroid dienone is 2. The van der Waals surface area contributed by atoms with Crippen LogP contribution >= 0.6 is 12.1 Å². The molecule has 0 fully saturated rings. The van der Waals surface area contributed by atoms with Gasteiger partial charge >= 0.3 is 0 Å². The maximum Gasteiger partial charge on any atom is 0.0901 e. The molecule has 1 atom stereocenters. The van der Waals surface area contributed by atoms with Crippen molar-refractivity contribution in [3.63, 3.8) is 0 Å². The molecule has 0 radical (unpaired) electrons. The Bertz CT molecular complexity index is 336. The van der Waals surface area contributed by atoms with E-state index in [1.807, 2.05) is 0 Å². The summed E-state index contributed by atoms with van der Waals surface area (Å²) in [7, 11) is 0. The molecule has 0 saturated carbocycles. The van der Waals surface area contributed by atoms with Crippen LogP contribution in [0.2, 0.25) is 0 Å². The average molecular weight is 176 g/mol. The second kappa shape index (κ2) is 2.34. The molecule has 1 aliphatic carbocycles. The lowest BCUT2D eigenvalue weighted by Gasteiger charge is -2.27. The van der Waals surface area contributed by atoms with Gasteiger partial charge in [-0.1, -0.05) is 24.3 Å². The zero-order valence-corrected chi connectivity index (χ0v) is 7.29. The summed E-state index contributed by atoms with van der Waals surface area (Å²) < 4.78 is 6.69. The van der Waals surface area contributed by atoms with Crippen molar-refractivity contribution >= 4 is 17.8 Å². The first kappa shape index (κ1) is 6.69. The Morgan fingerprint density at radius 3 is 3.50 bits per heavy atom. The monoisotopic (exact) mass is 176 g/mol. The zero-order valence-electron chi connectivity index (χ0n) is 6.47. The topological polar surface area (TPSA) is 15.6 Å². The molecular weight excluding hydrogens is 168 g/mol. The zero-order chi connectivity index (χ0) is 7.97. The van der Waals surface area contributed by atoms with Crippen molar-refractivity contribution in [1.82, 2.24) is 4.31 Å². The number of nitrogens with zero attached hydrogens (tertiary/aromatic N) is 2. The smallest absolute Gasteiger partial charge is 0.0901 e. The van der Waals surface area contributed by atoms with Gasteiger partial charge < -0.3 is 0 Å². The molecule has 3 rings (SSSR count). The highest BCUT2D eigenvalue weighted by Gasteiger charge is 2.33. The van der Waals surface area contributed by atoms with Crippen LogP contribution in [0.3, 0.4) is 0 Å². The van der Waals surface area contributed by atoms with E-state index in [1.54, 1.807) is 12.1 Å². The molecule has 1 unspecified atom stereocenters. The van der Waals surface area contributed by atoms with Gasteiger partial charge in [-0.15, -0.1) is 0 Å². The third-order valence-electron chi connectivity index (χ3n) is 2.29. The lowest BCUT2D eigenvalue weighted by molar-refractivity contribution is 0.509. The van der Waals surface area contributed by atoms with Crippen LogP contribution in [0.15, 0.2) is 40.4 Å². The van der Waals surface area contributed by atoms with Crippen LogP contribution < -0.4 is 0 Å². The predicted molar refractivity (Wildman–Crippen MR) is 51.9 cm³/mol. The predicted octanol–water partition coefficient (Wildman–Crippen LogP) is 1.74. The molecule has 0 aromatic rings. The van der Waals surface area contributed by atoms with Crippen LogP contribution in [0.4, 0.5) is 0 Å². The van der Waals surface area contributed by atoms with Gasteiger partial charge in [-0.25, -0.2) is 8.70 Å². The van der Waals surface area contributed by atoms with Crippen LogP contribution in [0.25, 0.3) is 0 Å². The fourth-order valence-corrected chi connectivity index (χ4v) is 2.57. The van der Waals surface area contributed by atoms with Crippen molar-refractivity contribution in [2.24, 2.45) is 4.40 Å². The molecule has 0 aromatic heterocycles. The van der Waals surface area contributed by atoms with E-state index in [4.69, 9.17) is 0 Å². The molecule has 0 spiro atoms. The normalized spacial score (nSPS) is 31.5. The van der Waals surface area contributed by atoms with Gasteiger partial charge in [0, 0.05) is 6.54 Å². The first-order valence-electron chi connectivity index (χ1n) is 4.01. The summed E-state index contributed by atoms with van der Waals surface area (Å²) >= 11 is 1.58. The highest BCUT2D eigenvalue weighted by atomic mass is 32.2. The highest BCUT2D eigenvalue weighted by Crippen LogP contribution is 2.34. The molecule has 0 bridgehead atoms. The van der Waals surface area contributed by atoms with Gasteiger partial charge in [0.05, 0.1) is 23.9 Å². The molecular formula is C9H8N2S. The Morgan fingerprint density at radius 1 is 1.50 bits per heavy atom. The molecule has 12 heavy (non-hydrogen) atoms. The third kappa shape index (κ3) is 0.778. The second-order valence-corrected chi connectivity index (χ2v) is 3.84. The maximum atomic E-state index is 4.39. The number of hydrogen-bond acceptors (Lipinski definition) is 3. The first-order valence-corrected chi connectivity index (χ1v) is 4.75. The Hall–Kier alpha value is -0.800. The van der Waals surface area contributed by atoms with Crippen molar-refractivity contribution in [2.45, 2.75) is 6.04 Å². The van der Waals surface area contributed by atoms with E-state index in [0.29, 0.717) is 6.04 Å². The van der Waals surface area contributed by atoms with Crippen molar-refractivity contribution in [2.75, 3.05) is 6.54 Å². The van der Waals surface area contributed by atoms with Gasteiger partial charge in [-0.05, 0) is 11.6 Å². The number of hydrogen-bond donors (Lipinski definition) is 0. The Morgan fingerprint density at radius 2 is 2.50 bits per heavy atom. The Balaban J connectivity index is 2.14. The molecule has 0 saturated heterocycles. The van der Waals surface area contributed by atoms with Gasteiger partial charge in [-0.2, -0.15) is 0 Å². The van der Waals surface area contributed by atoms with Crippen molar-refractivity contribution in [3.8, 4) is 0 Å². The van der Waals surface area contributed by atoms with Gasteiger partial charge in [0.25, 0.3) is 0 Å². The van der Waals surface area contributed by atoms with E-state index in [1.165, 1.54) is 11.3 Å². The quantitative estimate of drug-likeness (QED) is 0.522. The minimum absolute atomic E-state index is 0.435. The standard InChI is InChI=1S/C9H8N2S/c1-3-7-4-2-6-11-9(7)8(5-1)10-12-11/h1-5,9H,6H2. The van der Waals surface area contributed by atoms with Gasteiger partial charge in [-0.3, -0.25) is 0 Å². The molecule has 2 heterocycles. The van der Waals surface area contributed by atoms with Crippen molar-refractivity contribution in [3.05, 3.63) is 36.0 Å². The fourth-order valence-electron chi connectivity index (χ4n) is 1.73. The summed E-state index contributed by atoms with van der Waals surface area (Å²) in [5.74, 6) is 0. The van der Waals surface area contributed by atoms with Gasteiger partial charge in [0.15, 0.2) is 0 Å². The van der Waals surface area contributed by atoms with E-state index in [-0.39, 0.29) is 0 Å². The van der Waals surface area contributed by atoms with Crippen molar-refractivity contribution < 1.29 is 0 Å². The van der Waals surface area contributed by atoms with Crippen LogP contribution in [0.5, 0.6) is 0 Å². The summed E-state index contributed by atoms with van der Waals surface area (Å²) in [6.45, 7) is 1.01. The Labute approximate surface area is 75.6 Å². The molecule has 60 valence electrons. The minimum atomic E-state index is 0.435. The lowest BCUT2D eigenvalue weighted by Crippen LogP contribution is -2.36. The molecule has 3 heteroatoms. The van der Waals surface area contributed by atoms with Crippen LogP contribution in [-0.2, 0) is 0 Å². The second-order valence-electron chi connectivity index (χ2n) is 3.03. The third-order valence-corrected chi connectivity index (χ3v) is 3.15. The molecule has 0 aromatic carbocycles. The fraction of sp³-hybridized carbons (Fsp3) is 0.222. The molecule has 0 N–H and O–H groups in total. The Kier molecular flexibility index (Phi) is 1.31. The summed E-state index contributed by atoms with van der Waals surface area (Å²) in [6, 6.07) is 0.435. The van der Waals surface area contributed by atoms with E-state index in [0.717, 1.165) is 6.54 Å². The van der Waals surface area contributed by atoms with Gasteiger partial charge in [0.2, 0.25) is 0 Å². The molecule has 3 aliphatic rings. The first-order chi connectivity index (χ1) is 5.95. The van der Waals surface area contributed by atoms with Crippen molar-refractivity contribution in [1.29, 1.82) is 0 Å². The van der Waals surface area contributed by atoms with Gasteiger partial charge in [0.1, 0.15) is 0 Å². The van der Waals surface area contributed by atoms with Crippen LogP contribution in [0, 0.1) is 0 Å². The van der Waals surface area contributed by atoms with Crippen LogP contribution in [0.1, 0.15) is 0 Å². The lowest BCUT2D eigenvalue weighted by atomic mass is 9.94. The molecule has 0 amide bonds. The minimum Gasteiger partial charge on any atom is -0.214 e. The SMILES string of the molecule is C1=CC2=NSN3CC=CC(=C1)C23. The summed E-state index contributed by atoms with van der Waals surface area (Å²) in [5.41, 5.74) is 2.56. The van der Waals surface area contributed by atoms with Crippen LogP contribution in [-0.4, -0.2) is 22.6 Å². The largest absolute Gasteiger partial charge is 0.214 e. The maximum absolute atomic E-state index is 4.39. The van der Waals surface area contributed by atoms with E-state index < -0.39 is 0 Å². The highest BCUT2D eigenvalue weighted by molar-refractivity contribution is 7.96. The van der Waals surface area contributed by atoms with E-state index in [2.05, 4.69) is 39.1 Å². The summed E-state index contributed by atoms with van der Waals surface area (Å²) in [4.78, 5) is 0. The summed E-state index contributed by atoms with van der Waals surface area (Å²) in [5, 5.41) is 0. The summed E-state index contributed by atoms with van der Waals surface area (Å²) in [6.07, 6.45) is 10.7. The number of rotatable bonds is 0. The molecule has 2 nitrogen and oxygen atoms in total. The van der Waals surface area contributed by atoms with E-state index in [9.17, 15) is 0 Å². The van der Waals surface area contributed by atoms with E-state index >= 15 is 0 Å².